The zero-order valence-electron chi connectivity index (χ0n) is 13.9. The van der Waals surface area contributed by atoms with Gasteiger partial charge in [-0.3, -0.25) is 14.5 Å². The van der Waals surface area contributed by atoms with E-state index in [4.69, 9.17) is 4.74 Å². The quantitative estimate of drug-likeness (QED) is 0.633. The van der Waals surface area contributed by atoms with Gasteiger partial charge in [0.15, 0.2) is 0 Å². The molecule has 0 unspecified atom stereocenters. The maximum absolute atomic E-state index is 12.8. The van der Waals surface area contributed by atoms with Crippen LogP contribution in [-0.2, 0) is 20.9 Å². The van der Waals surface area contributed by atoms with Gasteiger partial charge >= 0.3 is 12.0 Å². The monoisotopic (exact) mass is 348 g/mol. The second-order valence-electron chi connectivity index (χ2n) is 6.57. The van der Waals surface area contributed by atoms with Crippen LogP contribution in [0, 0.1) is 5.82 Å². The molecular formula is C18H21FN2O4. The third-order valence-corrected chi connectivity index (χ3v) is 4.78. The molecule has 1 spiro atoms. The number of imide groups is 1. The van der Waals surface area contributed by atoms with Gasteiger partial charge in [-0.1, -0.05) is 25.0 Å². The lowest BCUT2D eigenvalue weighted by Crippen LogP contribution is -2.44. The number of rotatable bonds is 6. The molecule has 0 aromatic heterocycles. The topological polar surface area (TPSA) is 75.7 Å². The number of carbonyl (C=O) groups excluding carboxylic acids is 3. The fourth-order valence-corrected chi connectivity index (χ4v) is 3.39. The van der Waals surface area contributed by atoms with Gasteiger partial charge in [-0.05, 0) is 37.0 Å². The summed E-state index contributed by atoms with van der Waals surface area (Å²) in [7, 11) is 0. The van der Waals surface area contributed by atoms with Crippen LogP contribution in [0.2, 0.25) is 0 Å². The zero-order chi connectivity index (χ0) is 17.9. The number of amides is 3. The molecule has 1 aromatic rings. The lowest BCUT2D eigenvalue weighted by Gasteiger charge is -2.19. The molecule has 3 amide bonds. The second-order valence-corrected chi connectivity index (χ2v) is 6.57. The highest BCUT2D eigenvalue weighted by molar-refractivity contribution is 6.07. The molecule has 6 nitrogen and oxygen atoms in total. The Morgan fingerprint density at radius 3 is 2.56 bits per heavy atom. The summed E-state index contributed by atoms with van der Waals surface area (Å²) in [6.45, 7) is 0.281. The van der Waals surface area contributed by atoms with Crippen molar-refractivity contribution in [2.24, 2.45) is 0 Å². The van der Waals surface area contributed by atoms with E-state index in [2.05, 4.69) is 5.32 Å². The standard InChI is InChI=1S/C18H21FN2O4/c19-14-7-5-13(6-8-14)12-25-15(22)4-3-11-21-16(23)18(20-17(21)24)9-1-2-10-18/h5-8H,1-4,9-12H2,(H,20,24). The first-order chi connectivity index (χ1) is 12.0. The Balaban J connectivity index is 1.41. The molecule has 1 aliphatic heterocycles. The van der Waals surface area contributed by atoms with Gasteiger partial charge in [-0.25, -0.2) is 9.18 Å². The van der Waals surface area contributed by atoms with E-state index in [1.807, 2.05) is 0 Å². The molecule has 1 heterocycles. The smallest absolute Gasteiger partial charge is 0.325 e. The molecule has 3 rings (SSSR count). The summed E-state index contributed by atoms with van der Waals surface area (Å²) in [5.41, 5.74) is -0.00721. The first kappa shape index (κ1) is 17.4. The number of urea groups is 1. The highest BCUT2D eigenvalue weighted by atomic mass is 19.1. The van der Waals surface area contributed by atoms with Crippen LogP contribution >= 0.6 is 0 Å². The largest absolute Gasteiger partial charge is 0.461 e. The molecule has 25 heavy (non-hydrogen) atoms. The molecule has 1 aromatic carbocycles. The van der Waals surface area contributed by atoms with E-state index in [0.717, 1.165) is 12.8 Å². The molecule has 0 atom stereocenters. The Morgan fingerprint density at radius 1 is 1.20 bits per heavy atom. The van der Waals surface area contributed by atoms with Gasteiger partial charge in [0.2, 0.25) is 0 Å². The van der Waals surface area contributed by atoms with Gasteiger partial charge in [0.1, 0.15) is 18.0 Å². The van der Waals surface area contributed by atoms with E-state index in [-0.39, 0.29) is 37.3 Å². The minimum absolute atomic E-state index is 0.0748. The number of nitrogens with zero attached hydrogens (tertiary/aromatic N) is 1. The highest BCUT2D eigenvalue weighted by Crippen LogP contribution is 2.35. The van der Waals surface area contributed by atoms with E-state index in [1.165, 1.54) is 17.0 Å². The zero-order valence-corrected chi connectivity index (χ0v) is 13.9. The van der Waals surface area contributed by atoms with Gasteiger partial charge in [0, 0.05) is 13.0 Å². The van der Waals surface area contributed by atoms with Gasteiger partial charge in [-0.2, -0.15) is 0 Å². The van der Waals surface area contributed by atoms with E-state index in [9.17, 15) is 18.8 Å². The Bertz CT molecular complexity index is 668. The van der Waals surface area contributed by atoms with Crippen LogP contribution < -0.4 is 5.32 Å². The number of nitrogens with one attached hydrogen (secondary N) is 1. The van der Waals surface area contributed by atoms with Crippen molar-refractivity contribution >= 4 is 17.9 Å². The van der Waals surface area contributed by atoms with Crippen molar-refractivity contribution in [1.29, 1.82) is 0 Å². The first-order valence-corrected chi connectivity index (χ1v) is 8.54. The number of benzene rings is 1. The number of halogens is 1. The molecule has 1 N–H and O–H groups in total. The summed E-state index contributed by atoms with van der Waals surface area (Å²) in [4.78, 5) is 37.4. The molecule has 1 aliphatic carbocycles. The molecule has 0 bridgehead atoms. The van der Waals surface area contributed by atoms with Crippen molar-refractivity contribution in [3.63, 3.8) is 0 Å². The van der Waals surface area contributed by atoms with Gasteiger partial charge in [0.25, 0.3) is 5.91 Å². The van der Waals surface area contributed by atoms with Crippen LogP contribution in [0.25, 0.3) is 0 Å². The molecule has 2 aliphatic rings. The summed E-state index contributed by atoms with van der Waals surface area (Å²) >= 11 is 0. The lowest BCUT2D eigenvalue weighted by molar-refractivity contribution is -0.145. The SMILES string of the molecule is O=C(CCCN1C(=O)NC2(CCCC2)C1=O)OCc1ccc(F)cc1. The summed E-state index contributed by atoms with van der Waals surface area (Å²) in [6, 6.07) is 5.35. The van der Waals surface area contributed by atoms with Gasteiger partial charge in [0.05, 0.1) is 0 Å². The van der Waals surface area contributed by atoms with Crippen molar-refractivity contribution in [3.05, 3.63) is 35.6 Å². The Labute approximate surface area is 145 Å². The van der Waals surface area contributed by atoms with Crippen LogP contribution in [0.1, 0.15) is 44.1 Å². The fraction of sp³-hybridized carbons (Fsp3) is 0.500. The molecule has 134 valence electrons. The van der Waals surface area contributed by atoms with Crippen molar-refractivity contribution in [2.45, 2.75) is 50.7 Å². The van der Waals surface area contributed by atoms with Crippen molar-refractivity contribution in [1.82, 2.24) is 10.2 Å². The number of ether oxygens (including phenoxy) is 1. The Morgan fingerprint density at radius 2 is 1.88 bits per heavy atom. The third-order valence-electron chi connectivity index (χ3n) is 4.78. The van der Waals surface area contributed by atoms with E-state index in [0.29, 0.717) is 24.8 Å². The van der Waals surface area contributed by atoms with Crippen LogP contribution in [-0.4, -0.2) is 34.9 Å². The predicted octanol–water partition coefficient (Wildman–Crippen LogP) is 2.51. The third kappa shape index (κ3) is 3.81. The van der Waals surface area contributed by atoms with Crippen LogP contribution in [0.4, 0.5) is 9.18 Å². The highest BCUT2D eigenvalue weighted by Gasteiger charge is 2.51. The Hall–Kier alpha value is -2.44. The van der Waals surface area contributed by atoms with Crippen molar-refractivity contribution in [3.8, 4) is 0 Å². The van der Waals surface area contributed by atoms with Crippen LogP contribution in [0.3, 0.4) is 0 Å². The van der Waals surface area contributed by atoms with Crippen LogP contribution in [0.5, 0.6) is 0 Å². The summed E-state index contributed by atoms with van der Waals surface area (Å²) in [6.07, 6.45) is 3.73. The summed E-state index contributed by atoms with van der Waals surface area (Å²) < 4.78 is 17.9. The first-order valence-electron chi connectivity index (χ1n) is 8.54. The molecule has 7 heteroatoms. The minimum Gasteiger partial charge on any atom is -0.461 e. The van der Waals surface area contributed by atoms with Crippen LogP contribution in [0.15, 0.2) is 24.3 Å². The van der Waals surface area contributed by atoms with E-state index in [1.54, 1.807) is 12.1 Å². The fourth-order valence-electron chi connectivity index (χ4n) is 3.39. The van der Waals surface area contributed by atoms with E-state index < -0.39 is 11.5 Å². The summed E-state index contributed by atoms with van der Waals surface area (Å²) in [5.74, 6) is -0.926. The van der Waals surface area contributed by atoms with Gasteiger partial charge < -0.3 is 10.1 Å². The Kier molecular flexibility index (Phi) is 5.01. The maximum atomic E-state index is 12.8. The van der Waals surface area contributed by atoms with Crippen molar-refractivity contribution in [2.75, 3.05) is 6.54 Å². The predicted molar refractivity (Wildman–Crippen MR) is 86.9 cm³/mol. The minimum atomic E-state index is -0.708. The molecule has 1 saturated carbocycles. The number of hydrogen-bond donors (Lipinski definition) is 1. The molecule has 2 fully saturated rings. The number of carbonyl (C=O) groups is 3. The summed E-state index contributed by atoms with van der Waals surface area (Å²) in [5, 5.41) is 2.81. The number of hydrogen-bond acceptors (Lipinski definition) is 4. The van der Waals surface area contributed by atoms with Crippen molar-refractivity contribution < 1.29 is 23.5 Å². The average Bonchev–Trinajstić information content (AvgIpc) is 3.15. The maximum Gasteiger partial charge on any atom is 0.325 e. The second kappa shape index (κ2) is 7.21. The molecular weight excluding hydrogens is 327 g/mol. The lowest BCUT2D eigenvalue weighted by atomic mass is 9.98. The average molecular weight is 348 g/mol. The van der Waals surface area contributed by atoms with E-state index >= 15 is 0 Å². The number of esters is 1. The normalized spacial score (nSPS) is 18.7. The molecule has 1 saturated heterocycles. The molecule has 0 radical (unpaired) electrons. The van der Waals surface area contributed by atoms with Gasteiger partial charge in [-0.15, -0.1) is 0 Å².